The Bertz CT molecular complexity index is 530. The standard InChI is InChI=1S/C14H15BrClNS2/c1-17-11(8-13-5-6-14(15)19-13)9-18-12-4-2-3-10(16)7-12/h2-7,11,17H,8-9H2,1H3. The molecule has 5 heteroatoms. The Kier molecular flexibility index (Phi) is 6.23. The van der Waals surface area contributed by atoms with Gasteiger partial charge in [0.25, 0.3) is 0 Å². The van der Waals surface area contributed by atoms with E-state index in [1.54, 1.807) is 11.3 Å². The second kappa shape index (κ2) is 7.70. The Morgan fingerprint density at radius 2 is 2.21 bits per heavy atom. The molecule has 0 radical (unpaired) electrons. The van der Waals surface area contributed by atoms with Crippen LogP contribution in [0.25, 0.3) is 0 Å². The number of nitrogens with one attached hydrogen (secondary N) is 1. The minimum Gasteiger partial charge on any atom is -0.316 e. The van der Waals surface area contributed by atoms with Crippen LogP contribution in [-0.4, -0.2) is 18.8 Å². The molecule has 1 heterocycles. The Morgan fingerprint density at radius 3 is 2.84 bits per heavy atom. The Morgan fingerprint density at radius 1 is 1.37 bits per heavy atom. The van der Waals surface area contributed by atoms with Gasteiger partial charge in [0.15, 0.2) is 0 Å². The van der Waals surface area contributed by atoms with Gasteiger partial charge in [-0.3, -0.25) is 0 Å². The molecule has 1 atom stereocenters. The highest BCUT2D eigenvalue weighted by Crippen LogP contribution is 2.26. The number of hydrogen-bond acceptors (Lipinski definition) is 3. The Balaban J connectivity index is 1.89. The molecule has 102 valence electrons. The Hall–Kier alpha value is -0.0000000000000000833. The van der Waals surface area contributed by atoms with Crippen LogP contribution >= 0.6 is 50.6 Å². The van der Waals surface area contributed by atoms with Gasteiger partial charge in [0.2, 0.25) is 0 Å². The van der Waals surface area contributed by atoms with E-state index in [-0.39, 0.29) is 0 Å². The van der Waals surface area contributed by atoms with Crippen LogP contribution in [-0.2, 0) is 6.42 Å². The predicted octanol–water partition coefficient (Wildman–Crippen LogP) is 5.09. The summed E-state index contributed by atoms with van der Waals surface area (Å²) in [7, 11) is 2.02. The molecule has 1 aromatic carbocycles. The molecular formula is C14H15BrClNS2. The molecule has 19 heavy (non-hydrogen) atoms. The van der Waals surface area contributed by atoms with Crippen molar-refractivity contribution in [2.45, 2.75) is 17.4 Å². The smallest absolute Gasteiger partial charge is 0.0701 e. The molecule has 2 aromatic rings. The maximum absolute atomic E-state index is 5.99. The van der Waals surface area contributed by atoms with E-state index in [9.17, 15) is 0 Å². The van der Waals surface area contributed by atoms with E-state index in [4.69, 9.17) is 11.6 Å². The van der Waals surface area contributed by atoms with Gasteiger partial charge >= 0.3 is 0 Å². The molecule has 0 aliphatic rings. The molecule has 0 bridgehead atoms. The molecule has 1 nitrogen and oxygen atoms in total. The first-order valence-corrected chi connectivity index (χ1v) is 8.94. The van der Waals surface area contributed by atoms with Crippen molar-refractivity contribution in [3.05, 3.63) is 50.1 Å². The fourth-order valence-corrected chi connectivity index (χ4v) is 4.58. The van der Waals surface area contributed by atoms with Crippen molar-refractivity contribution in [3.63, 3.8) is 0 Å². The van der Waals surface area contributed by atoms with Crippen molar-refractivity contribution in [1.82, 2.24) is 5.32 Å². The number of halogens is 2. The van der Waals surface area contributed by atoms with Crippen molar-refractivity contribution in [3.8, 4) is 0 Å². The Labute approximate surface area is 135 Å². The van der Waals surface area contributed by atoms with Crippen molar-refractivity contribution < 1.29 is 0 Å². The first-order chi connectivity index (χ1) is 9.17. The van der Waals surface area contributed by atoms with E-state index < -0.39 is 0 Å². The van der Waals surface area contributed by atoms with Gasteiger partial charge in [0.05, 0.1) is 3.79 Å². The zero-order chi connectivity index (χ0) is 13.7. The SMILES string of the molecule is CNC(CSc1cccc(Cl)c1)Cc1ccc(Br)s1. The lowest BCUT2D eigenvalue weighted by atomic mass is 10.2. The summed E-state index contributed by atoms with van der Waals surface area (Å²) in [6, 6.07) is 12.8. The number of hydrogen-bond donors (Lipinski definition) is 1. The molecule has 1 N–H and O–H groups in total. The maximum Gasteiger partial charge on any atom is 0.0701 e. The summed E-state index contributed by atoms with van der Waals surface area (Å²) in [6.45, 7) is 0. The topological polar surface area (TPSA) is 12.0 Å². The fraction of sp³-hybridized carbons (Fsp3) is 0.286. The van der Waals surface area contributed by atoms with Gasteiger partial charge in [-0.25, -0.2) is 0 Å². The highest BCUT2D eigenvalue weighted by molar-refractivity contribution is 9.11. The van der Waals surface area contributed by atoms with Crippen LogP contribution in [0, 0.1) is 0 Å². The van der Waals surface area contributed by atoms with Crippen molar-refractivity contribution in [2.24, 2.45) is 0 Å². The molecule has 0 fully saturated rings. The molecule has 0 aliphatic carbocycles. The molecule has 0 amide bonds. The number of rotatable bonds is 6. The summed E-state index contributed by atoms with van der Waals surface area (Å²) >= 11 is 13.1. The molecule has 0 saturated heterocycles. The molecule has 2 rings (SSSR count). The second-order valence-corrected chi connectivity index (χ2v) is 8.24. The number of thioether (sulfide) groups is 1. The average molecular weight is 377 g/mol. The van der Waals surface area contributed by atoms with E-state index in [1.165, 1.54) is 13.6 Å². The third-order valence-electron chi connectivity index (χ3n) is 2.73. The highest BCUT2D eigenvalue weighted by Gasteiger charge is 2.09. The molecule has 0 aliphatic heterocycles. The van der Waals surface area contributed by atoms with Gasteiger partial charge in [-0.05, 0) is 59.7 Å². The van der Waals surface area contributed by atoms with Gasteiger partial charge < -0.3 is 5.32 Å². The zero-order valence-electron chi connectivity index (χ0n) is 10.5. The van der Waals surface area contributed by atoms with Crippen LogP contribution in [0.2, 0.25) is 5.02 Å². The lowest BCUT2D eigenvalue weighted by molar-refractivity contribution is 0.622. The van der Waals surface area contributed by atoms with Crippen LogP contribution in [0.4, 0.5) is 0 Å². The minimum atomic E-state index is 0.467. The summed E-state index contributed by atoms with van der Waals surface area (Å²) in [5.41, 5.74) is 0. The highest BCUT2D eigenvalue weighted by atomic mass is 79.9. The summed E-state index contributed by atoms with van der Waals surface area (Å²) in [5.74, 6) is 1.03. The van der Waals surface area contributed by atoms with Crippen LogP contribution in [0.15, 0.2) is 45.1 Å². The van der Waals surface area contributed by atoms with Gasteiger partial charge in [-0.15, -0.1) is 23.1 Å². The average Bonchev–Trinajstić information content (AvgIpc) is 2.80. The molecule has 0 spiro atoms. The second-order valence-electron chi connectivity index (χ2n) is 4.16. The molecule has 1 aromatic heterocycles. The third kappa shape index (κ3) is 5.12. The van der Waals surface area contributed by atoms with Gasteiger partial charge in [0, 0.05) is 26.6 Å². The van der Waals surface area contributed by atoms with E-state index in [0.29, 0.717) is 6.04 Å². The van der Waals surface area contributed by atoms with Crippen molar-refractivity contribution in [2.75, 3.05) is 12.8 Å². The number of likely N-dealkylation sites (N-methyl/N-ethyl adjacent to an activating group) is 1. The number of benzene rings is 1. The monoisotopic (exact) mass is 375 g/mol. The summed E-state index contributed by atoms with van der Waals surface area (Å²) < 4.78 is 1.19. The first kappa shape index (κ1) is 15.4. The van der Waals surface area contributed by atoms with Crippen LogP contribution in [0.1, 0.15) is 4.88 Å². The van der Waals surface area contributed by atoms with Crippen molar-refractivity contribution in [1.29, 1.82) is 0 Å². The lowest BCUT2D eigenvalue weighted by Gasteiger charge is -2.14. The molecule has 0 saturated carbocycles. The third-order valence-corrected chi connectivity index (χ3v) is 5.77. The van der Waals surface area contributed by atoms with Crippen molar-refractivity contribution >= 4 is 50.6 Å². The first-order valence-electron chi connectivity index (χ1n) is 5.97. The quantitative estimate of drug-likeness (QED) is 0.705. The number of thiophene rings is 1. The minimum absolute atomic E-state index is 0.467. The van der Waals surface area contributed by atoms with Gasteiger partial charge in [-0.2, -0.15) is 0 Å². The van der Waals surface area contributed by atoms with Gasteiger partial charge in [-0.1, -0.05) is 17.7 Å². The van der Waals surface area contributed by atoms with Gasteiger partial charge in [0.1, 0.15) is 0 Å². The van der Waals surface area contributed by atoms with E-state index in [2.05, 4.69) is 39.4 Å². The fourth-order valence-electron chi connectivity index (χ4n) is 1.70. The largest absolute Gasteiger partial charge is 0.316 e. The van der Waals surface area contributed by atoms with Crippen LogP contribution in [0.3, 0.4) is 0 Å². The maximum atomic E-state index is 5.99. The lowest BCUT2D eigenvalue weighted by Crippen LogP contribution is -2.29. The normalized spacial score (nSPS) is 12.6. The van der Waals surface area contributed by atoms with E-state index in [1.807, 2.05) is 37.0 Å². The van der Waals surface area contributed by atoms with Crippen LogP contribution < -0.4 is 5.32 Å². The zero-order valence-corrected chi connectivity index (χ0v) is 14.5. The summed E-state index contributed by atoms with van der Waals surface area (Å²) in [5, 5.41) is 4.18. The predicted molar refractivity (Wildman–Crippen MR) is 90.7 cm³/mol. The molecule has 1 unspecified atom stereocenters. The van der Waals surface area contributed by atoms with Crippen LogP contribution in [0.5, 0.6) is 0 Å². The summed E-state index contributed by atoms with van der Waals surface area (Å²) in [4.78, 5) is 2.62. The van der Waals surface area contributed by atoms with E-state index in [0.717, 1.165) is 17.2 Å². The summed E-state index contributed by atoms with van der Waals surface area (Å²) in [6.07, 6.45) is 1.06. The van der Waals surface area contributed by atoms with E-state index >= 15 is 0 Å². The molecular weight excluding hydrogens is 362 g/mol.